The highest BCUT2D eigenvalue weighted by molar-refractivity contribution is 5.81. The molecular weight excluding hydrogens is 302 g/mol. The van der Waals surface area contributed by atoms with E-state index in [-0.39, 0.29) is 5.91 Å². The van der Waals surface area contributed by atoms with Gasteiger partial charge in [-0.15, -0.1) is 0 Å². The zero-order chi connectivity index (χ0) is 16.9. The lowest BCUT2D eigenvalue weighted by molar-refractivity contribution is -0.129. The van der Waals surface area contributed by atoms with Gasteiger partial charge in [-0.3, -0.25) is 4.79 Å². The van der Waals surface area contributed by atoms with Crippen LogP contribution in [0.2, 0.25) is 0 Å². The minimum atomic E-state index is 0.131. The van der Waals surface area contributed by atoms with E-state index in [2.05, 4.69) is 46.2 Å². The second-order valence-electron chi connectivity index (χ2n) is 6.04. The standard InChI is InChI=1S/C18H23N5O/c1-14-5-3-6-15(2)17(14)21-13-16(24)22-9-11-23(12-10-22)18-19-7-4-8-20-18/h3-8,21H,9-13H2,1-2H3. The number of nitrogens with one attached hydrogen (secondary N) is 1. The molecule has 1 saturated heterocycles. The van der Waals surface area contributed by atoms with E-state index in [4.69, 9.17) is 0 Å². The molecule has 1 aliphatic rings. The van der Waals surface area contributed by atoms with Crippen molar-refractivity contribution in [3.05, 3.63) is 47.8 Å². The van der Waals surface area contributed by atoms with Gasteiger partial charge in [-0.1, -0.05) is 18.2 Å². The predicted octanol–water partition coefficient (Wildman–Crippen LogP) is 1.85. The van der Waals surface area contributed by atoms with Gasteiger partial charge in [-0.25, -0.2) is 9.97 Å². The Morgan fingerprint density at radius 2 is 1.67 bits per heavy atom. The first-order valence-electron chi connectivity index (χ1n) is 8.25. The Labute approximate surface area is 142 Å². The summed E-state index contributed by atoms with van der Waals surface area (Å²) in [6.07, 6.45) is 3.49. The number of nitrogens with zero attached hydrogens (tertiary/aromatic N) is 4. The van der Waals surface area contributed by atoms with Crippen LogP contribution in [0.15, 0.2) is 36.7 Å². The summed E-state index contributed by atoms with van der Waals surface area (Å²) in [5, 5.41) is 3.29. The fourth-order valence-corrected chi connectivity index (χ4v) is 2.98. The maximum Gasteiger partial charge on any atom is 0.241 e. The van der Waals surface area contributed by atoms with Crippen molar-refractivity contribution in [2.45, 2.75) is 13.8 Å². The molecule has 0 aliphatic carbocycles. The summed E-state index contributed by atoms with van der Waals surface area (Å²) in [4.78, 5) is 25.0. The van der Waals surface area contributed by atoms with Crippen LogP contribution >= 0.6 is 0 Å². The lowest BCUT2D eigenvalue weighted by Crippen LogP contribution is -2.50. The van der Waals surface area contributed by atoms with E-state index >= 15 is 0 Å². The Hall–Kier alpha value is -2.63. The van der Waals surface area contributed by atoms with E-state index in [1.165, 1.54) is 0 Å². The number of benzene rings is 1. The van der Waals surface area contributed by atoms with Crippen molar-refractivity contribution in [3.8, 4) is 0 Å². The summed E-state index contributed by atoms with van der Waals surface area (Å²) in [6.45, 7) is 7.36. The van der Waals surface area contributed by atoms with Gasteiger partial charge in [-0.2, -0.15) is 0 Å². The van der Waals surface area contributed by atoms with Crippen LogP contribution in [0.4, 0.5) is 11.6 Å². The quantitative estimate of drug-likeness (QED) is 0.930. The molecule has 0 radical (unpaired) electrons. The van der Waals surface area contributed by atoms with Crippen molar-refractivity contribution >= 4 is 17.5 Å². The third kappa shape index (κ3) is 3.64. The zero-order valence-electron chi connectivity index (χ0n) is 14.2. The van der Waals surface area contributed by atoms with Crippen molar-refractivity contribution in [1.29, 1.82) is 0 Å². The number of anilines is 2. The van der Waals surface area contributed by atoms with E-state index < -0.39 is 0 Å². The van der Waals surface area contributed by atoms with Gasteiger partial charge >= 0.3 is 0 Å². The number of hydrogen-bond acceptors (Lipinski definition) is 5. The Balaban J connectivity index is 1.52. The van der Waals surface area contributed by atoms with Crippen LogP contribution in [0.1, 0.15) is 11.1 Å². The van der Waals surface area contributed by atoms with Gasteiger partial charge in [0, 0.05) is 44.3 Å². The second-order valence-corrected chi connectivity index (χ2v) is 6.04. The van der Waals surface area contributed by atoms with Gasteiger partial charge in [0.1, 0.15) is 0 Å². The highest BCUT2D eigenvalue weighted by atomic mass is 16.2. The fraction of sp³-hybridized carbons (Fsp3) is 0.389. The second kappa shape index (κ2) is 7.29. The molecule has 0 saturated carbocycles. The zero-order valence-corrected chi connectivity index (χ0v) is 14.2. The number of carbonyl (C=O) groups is 1. The normalized spacial score (nSPS) is 14.6. The molecular formula is C18H23N5O. The highest BCUT2D eigenvalue weighted by Crippen LogP contribution is 2.19. The summed E-state index contributed by atoms with van der Waals surface area (Å²) in [5.41, 5.74) is 3.38. The summed E-state index contributed by atoms with van der Waals surface area (Å²) in [6, 6.07) is 7.95. The Kier molecular flexibility index (Phi) is 4.93. The predicted molar refractivity (Wildman–Crippen MR) is 95.2 cm³/mol. The molecule has 1 aromatic heterocycles. The molecule has 0 bridgehead atoms. The monoisotopic (exact) mass is 325 g/mol. The molecule has 24 heavy (non-hydrogen) atoms. The van der Waals surface area contributed by atoms with E-state index in [9.17, 15) is 4.79 Å². The third-order valence-electron chi connectivity index (χ3n) is 4.36. The van der Waals surface area contributed by atoms with Crippen molar-refractivity contribution in [2.24, 2.45) is 0 Å². The molecule has 6 heteroatoms. The number of para-hydroxylation sites is 1. The van der Waals surface area contributed by atoms with Crippen molar-refractivity contribution < 1.29 is 4.79 Å². The molecule has 1 fully saturated rings. The van der Waals surface area contributed by atoms with Crippen LogP contribution < -0.4 is 10.2 Å². The maximum absolute atomic E-state index is 12.5. The molecule has 126 valence electrons. The summed E-state index contributed by atoms with van der Waals surface area (Å²) >= 11 is 0. The van der Waals surface area contributed by atoms with Crippen molar-refractivity contribution in [3.63, 3.8) is 0 Å². The Bertz CT molecular complexity index is 676. The van der Waals surface area contributed by atoms with E-state index in [0.29, 0.717) is 19.6 Å². The van der Waals surface area contributed by atoms with E-state index in [1.807, 2.05) is 17.0 Å². The minimum absolute atomic E-state index is 0.131. The van der Waals surface area contributed by atoms with Gasteiger partial charge in [0.15, 0.2) is 0 Å². The van der Waals surface area contributed by atoms with Crippen LogP contribution in [-0.4, -0.2) is 53.5 Å². The number of amides is 1. The summed E-state index contributed by atoms with van der Waals surface area (Å²) < 4.78 is 0. The molecule has 0 atom stereocenters. The van der Waals surface area contributed by atoms with Gasteiger partial charge < -0.3 is 15.1 Å². The lowest BCUT2D eigenvalue weighted by atomic mass is 10.1. The smallest absolute Gasteiger partial charge is 0.241 e. The SMILES string of the molecule is Cc1cccc(C)c1NCC(=O)N1CCN(c2ncccn2)CC1. The first-order valence-corrected chi connectivity index (χ1v) is 8.25. The number of hydrogen-bond donors (Lipinski definition) is 1. The highest BCUT2D eigenvalue weighted by Gasteiger charge is 2.22. The van der Waals surface area contributed by atoms with Crippen molar-refractivity contribution in [2.75, 3.05) is 42.9 Å². The van der Waals surface area contributed by atoms with Gasteiger partial charge in [-0.05, 0) is 31.0 Å². The van der Waals surface area contributed by atoms with Crippen LogP contribution in [-0.2, 0) is 4.79 Å². The number of aromatic nitrogens is 2. The maximum atomic E-state index is 12.5. The molecule has 1 aromatic carbocycles. The molecule has 0 spiro atoms. The molecule has 2 aromatic rings. The van der Waals surface area contributed by atoms with E-state index in [1.54, 1.807) is 12.4 Å². The molecule has 1 N–H and O–H groups in total. The molecule has 6 nitrogen and oxygen atoms in total. The average molecular weight is 325 g/mol. The first kappa shape index (κ1) is 16.2. The minimum Gasteiger partial charge on any atom is -0.376 e. The van der Waals surface area contributed by atoms with E-state index in [0.717, 1.165) is 35.9 Å². The summed E-state index contributed by atoms with van der Waals surface area (Å²) in [7, 11) is 0. The van der Waals surface area contributed by atoms with Crippen LogP contribution in [0.5, 0.6) is 0 Å². The molecule has 1 amide bonds. The summed E-state index contributed by atoms with van der Waals surface area (Å²) in [5.74, 6) is 0.865. The van der Waals surface area contributed by atoms with Gasteiger partial charge in [0.05, 0.1) is 6.54 Å². The Morgan fingerprint density at radius 1 is 1.04 bits per heavy atom. The van der Waals surface area contributed by atoms with Gasteiger partial charge in [0.25, 0.3) is 0 Å². The number of piperazine rings is 1. The first-order chi connectivity index (χ1) is 11.6. The van der Waals surface area contributed by atoms with Gasteiger partial charge in [0.2, 0.25) is 11.9 Å². The number of rotatable bonds is 4. The van der Waals surface area contributed by atoms with Crippen LogP contribution in [0.3, 0.4) is 0 Å². The molecule has 2 heterocycles. The number of aryl methyl sites for hydroxylation is 2. The topological polar surface area (TPSA) is 61.4 Å². The largest absolute Gasteiger partial charge is 0.376 e. The molecule has 3 rings (SSSR count). The van der Waals surface area contributed by atoms with Crippen molar-refractivity contribution in [1.82, 2.24) is 14.9 Å². The van der Waals surface area contributed by atoms with Crippen LogP contribution in [0.25, 0.3) is 0 Å². The molecule has 1 aliphatic heterocycles. The molecule has 0 unspecified atom stereocenters. The average Bonchev–Trinajstić information content (AvgIpc) is 2.62. The third-order valence-corrected chi connectivity index (χ3v) is 4.36. The lowest BCUT2D eigenvalue weighted by Gasteiger charge is -2.34. The Morgan fingerprint density at radius 3 is 2.29 bits per heavy atom. The fourth-order valence-electron chi connectivity index (χ4n) is 2.98. The van der Waals surface area contributed by atoms with Crippen LogP contribution in [0, 0.1) is 13.8 Å². The number of carbonyl (C=O) groups excluding carboxylic acids is 1.